The average molecular weight is 249 g/mol. The second kappa shape index (κ2) is 4.33. The molecule has 0 spiro atoms. The molecular formula is C13H15NO4. The molecule has 2 N–H and O–H groups in total. The molecule has 1 fully saturated rings. The number of carbonyl (C=O) groups excluding carboxylic acids is 1. The van der Waals surface area contributed by atoms with Gasteiger partial charge in [-0.05, 0) is 31.0 Å². The van der Waals surface area contributed by atoms with Gasteiger partial charge in [-0.15, -0.1) is 0 Å². The maximum absolute atomic E-state index is 11.8. The molecule has 2 rings (SSSR count). The lowest BCUT2D eigenvalue weighted by Gasteiger charge is -2.19. The number of hydrogen-bond acceptors (Lipinski definition) is 3. The summed E-state index contributed by atoms with van der Waals surface area (Å²) in [4.78, 5) is 24.1. The summed E-state index contributed by atoms with van der Waals surface area (Å²) in [6.07, 6.45) is -0.0121. The van der Waals surface area contributed by atoms with Crippen molar-refractivity contribution < 1.29 is 19.8 Å². The number of carbonyl (C=O) groups is 2. The second-order valence-corrected chi connectivity index (χ2v) is 4.69. The van der Waals surface area contributed by atoms with Crippen molar-refractivity contribution >= 4 is 17.6 Å². The van der Waals surface area contributed by atoms with Crippen LogP contribution in [0.2, 0.25) is 0 Å². The van der Waals surface area contributed by atoms with Crippen molar-refractivity contribution in [1.82, 2.24) is 0 Å². The first kappa shape index (κ1) is 12.4. The van der Waals surface area contributed by atoms with Crippen molar-refractivity contribution in [2.24, 2.45) is 5.92 Å². The highest BCUT2D eigenvalue weighted by molar-refractivity contribution is 6.00. The minimum Gasteiger partial charge on any atom is -0.505 e. The van der Waals surface area contributed by atoms with Gasteiger partial charge in [-0.25, -0.2) is 0 Å². The molecule has 5 nitrogen and oxygen atoms in total. The zero-order valence-electron chi connectivity index (χ0n) is 10.3. The van der Waals surface area contributed by atoms with Crippen LogP contribution < -0.4 is 4.90 Å². The Morgan fingerprint density at radius 3 is 2.61 bits per heavy atom. The first-order valence-electron chi connectivity index (χ1n) is 5.73. The van der Waals surface area contributed by atoms with Crippen molar-refractivity contribution in [2.75, 3.05) is 11.4 Å². The largest absolute Gasteiger partial charge is 0.505 e. The summed E-state index contributed by atoms with van der Waals surface area (Å²) in [5.74, 6) is -1.89. The molecule has 1 aromatic rings. The third-order valence-electron chi connectivity index (χ3n) is 3.19. The zero-order chi connectivity index (χ0) is 13.4. The number of hydrogen-bond donors (Lipinski definition) is 2. The predicted molar refractivity (Wildman–Crippen MR) is 65.7 cm³/mol. The highest BCUT2D eigenvalue weighted by Gasteiger charge is 2.36. The number of amides is 1. The molecule has 1 atom stereocenters. The topological polar surface area (TPSA) is 77.8 Å². The summed E-state index contributed by atoms with van der Waals surface area (Å²) in [5.41, 5.74) is 2.00. The van der Waals surface area contributed by atoms with Gasteiger partial charge in [-0.2, -0.15) is 0 Å². The molecule has 96 valence electrons. The molecule has 0 aromatic heterocycles. The summed E-state index contributed by atoms with van der Waals surface area (Å²) in [5, 5.41) is 18.9. The van der Waals surface area contributed by atoms with E-state index in [1.165, 1.54) is 4.90 Å². The molecule has 1 aromatic carbocycles. The third kappa shape index (κ3) is 2.03. The van der Waals surface area contributed by atoms with Crippen LogP contribution in [-0.4, -0.2) is 28.6 Å². The molecule has 1 heterocycles. The van der Waals surface area contributed by atoms with Crippen LogP contribution in [0.15, 0.2) is 12.1 Å². The van der Waals surface area contributed by atoms with Crippen molar-refractivity contribution in [2.45, 2.75) is 20.3 Å². The summed E-state index contributed by atoms with van der Waals surface area (Å²) >= 11 is 0. The predicted octanol–water partition coefficient (Wildman–Crippen LogP) is 1.45. The van der Waals surface area contributed by atoms with E-state index in [-0.39, 0.29) is 24.6 Å². The van der Waals surface area contributed by atoms with E-state index in [0.29, 0.717) is 11.3 Å². The summed E-state index contributed by atoms with van der Waals surface area (Å²) in [7, 11) is 0. The minimum absolute atomic E-state index is 0.0121. The van der Waals surface area contributed by atoms with Crippen LogP contribution in [0.4, 0.5) is 5.69 Å². The van der Waals surface area contributed by atoms with Gasteiger partial charge >= 0.3 is 5.97 Å². The first-order valence-corrected chi connectivity index (χ1v) is 5.73. The number of anilines is 1. The average Bonchev–Trinajstić information content (AvgIpc) is 2.66. The Bertz CT molecular complexity index is 524. The SMILES string of the molecule is Cc1cc(C)c(O)c(N2C[C@H](C(=O)O)CC2=O)c1. The maximum atomic E-state index is 11.8. The Morgan fingerprint density at radius 1 is 1.39 bits per heavy atom. The Morgan fingerprint density at radius 2 is 2.06 bits per heavy atom. The normalized spacial score (nSPS) is 19.3. The van der Waals surface area contributed by atoms with Gasteiger partial charge in [0.1, 0.15) is 5.75 Å². The van der Waals surface area contributed by atoms with Crippen LogP contribution in [0.3, 0.4) is 0 Å². The van der Waals surface area contributed by atoms with E-state index < -0.39 is 11.9 Å². The van der Waals surface area contributed by atoms with Gasteiger partial charge in [0.25, 0.3) is 0 Å². The lowest BCUT2D eigenvalue weighted by Crippen LogP contribution is -2.26. The molecule has 0 aliphatic carbocycles. The number of carboxylic acids is 1. The summed E-state index contributed by atoms with van der Waals surface area (Å²) in [6.45, 7) is 3.73. The minimum atomic E-state index is -0.977. The molecule has 0 unspecified atom stereocenters. The number of aromatic hydroxyl groups is 1. The van der Waals surface area contributed by atoms with Crippen molar-refractivity contribution in [3.8, 4) is 5.75 Å². The number of carboxylic acid groups (broad SMARTS) is 1. The van der Waals surface area contributed by atoms with E-state index in [0.717, 1.165) is 5.56 Å². The highest BCUT2D eigenvalue weighted by atomic mass is 16.4. The highest BCUT2D eigenvalue weighted by Crippen LogP contribution is 2.35. The molecule has 1 aliphatic rings. The van der Waals surface area contributed by atoms with Crippen LogP contribution in [0.1, 0.15) is 17.5 Å². The number of aryl methyl sites for hydroxylation is 2. The van der Waals surface area contributed by atoms with E-state index in [2.05, 4.69) is 0 Å². The molecule has 1 amide bonds. The second-order valence-electron chi connectivity index (χ2n) is 4.69. The Kier molecular flexibility index (Phi) is 2.98. The van der Waals surface area contributed by atoms with E-state index in [1.807, 2.05) is 13.0 Å². The molecule has 0 radical (unpaired) electrons. The monoisotopic (exact) mass is 249 g/mol. The zero-order valence-corrected chi connectivity index (χ0v) is 10.3. The van der Waals surface area contributed by atoms with Gasteiger partial charge in [-0.3, -0.25) is 9.59 Å². The number of benzene rings is 1. The van der Waals surface area contributed by atoms with Gasteiger partial charge in [0, 0.05) is 13.0 Å². The van der Waals surface area contributed by atoms with Crippen molar-refractivity contribution in [3.05, 3.63) is 23.3 Å². The third-order valence-corrected chi connectivity index (χ3v) is 3.19. The fourth-order valence-corrected chi connectivity index (χ4v) is 2.25. The molecule has 18 heavy (non-hydrogen) atoms. The van der Waals surface area contributed by atoms with Gasteiger partial charge in [0.2, 0.25) is 5.91 Å². The molecule has 0 saturated carbocycles. The Balaban J connectivity index is 2.38. The van der Waals surface area contributed by atoms with E-state index in [9.17, 15) is 14.7 Å². The number of nitrogens with zero attached hydrogens (tertiary/aromatic N) is 1. The lowest BCUT2D eigenvalue weighted by molar-refractivity contribution is -0.141. The van der Waals surface area contributed by atoms with Crippen LogP contribution in [0.25, 0.3) is 0 Å². The maximum Gasteiger partial charge on any atom is 0.308 e. The molecule has 0 bridgehead atoms. The van der Waals surface area contributed by atoms with E-state index in [4.69, 9.17) is 5.11 Å². The summed E-state index contributed by atoms with van der Waals surface area (Å²) < 4.78 is 0. The Labute approximate surface area is 105 Å². The van der Waals surface area contributed by atoms with Gasteiger partial charge in [0.05, 0.1) is 11.6 Å². The number of phenolic OH excluding ortho intramolecular Hbond substituents is 1. The quantitative estimate of drug-likeness (QED) is 0.831. The van der Waals surface area contributed by atoms with Crippen LogP contribution in [0.5, 0.6) is 5.75 Å². The van der Waals surface area contributed by atoms with E-state index >= 15 is 0 Å². The number of aliphatic carboxylic acids is 1. The number of phenols is 1. The fourth-order valence-electron chi connectivity index (χ4n) is 2.25. The smallest absolute Gasteiger partial charge is 0.308 e. The van der Waals surface area contributed by atoms with Gasteiger partial charge in [-0.1, -0.05) is 6.07 Å². The van der Waals surface area contributed by atoms with Crippen molar-refractivity contribution in [1.29, 1.82) is 0 Å². The molecular weight excluding hydrogens is 234 g/mol. The molecule has 5 heteroatoms. The first-order chi connectivity index (χ1) is 8.40. The molecule has 1 saturated heterocycles. The summed E-state index contributed by atoms with van der Waals surface area (Å²) in [6, 6.07) is 3.51. The van der Waals surface area contributed by atoms with Crippen molar-refractivity contribution in [3.63, 3.8) is 0 Å². The van der Waals surface area contributed by atoms with E-state index in [1.54, 1.807) is 13.0 Å². The fraction of sp³-hybridized carbons (Fsp3) is 0.385. The molecule has 1 aliphatic heterocycles. The van der Waals surface area contributed by atoms with Gasteiger partial charge in [0.15, 0.2) is 0 Å². The van der Waals surface area contributed by atoms with Crippen LogP contribution in [0, 0.1) is 19.8 Å². The standard InChI is InChI=1S/C13H15NO4/c1-7-3-8(2)12(16)10(4-7)14-6-9(13(17)18)5-11(14)15/h3-4,9,16H,5-6H2,1-2H3,(H,17,18)/t9-/m1/s1. The van der Waals surface area contributed by atoms with Crippen LogP contribution >= 0.6 is 0 Å². The number of rotatable bonds is 2. The lowest BCUT2D eigenvalue weighted by atomic mass is 10.1. The Hall–Kier alpha value is -2.04. The van der Waals surface area contributed by atoms with Crippen LogP contribution in [-0.2, 0) is 9.59 Å². The van der Waals surface area contributed by atoms with Gasteiger partial charge < -0.3 is 15.1 Å².